The van der Waals surface area contributed by atoms with Crippen molar-refractivity contribution < 1.29 is 9.18 Å². The maximum absolute atomic E-state index is 13.2. The van der Waals surface area contributed by atoms with Gasteiger partial charge in [0, 0.05) is 19.4 Å². The Morgan fingerprint density at radius 3 is 2.69 bits per heavy atom. The van der Waals surface area contributed by atoms with Gasteiger partial charge in [0.15, 0.2) is 0 Å². The van der Waals surface area contributed by atoms with Crippen molar-refractivity contribution in [2.24, 2.45) is 7.05 Å². The molecule has 0 saturated carbocycles. The molecule has 0 radical (unpaired) electrons. The number of anilines is 1. The topological polar surface area (TPSA) is 64.0 Å². The number of rotatable bonds is 4. The summed E-state index contributed by atoms with van der Waals surface area (Å²) >= 11 is 5.78. The Bertz CT molecular complexity index is 1020. The smallest absolute Gasteiger partial charge is 0.263 e. The normalized spacial score (nSPS) is 10.6. The zero-order valence-electron chi connectivity index (χ0n) is 13.9. The number of carbonyl (C=O) groups excluding carboxylic acids is 1. The Balaban J connectivity index is 1.71. The van der Waals surface area contributed by atoms with Gasteiger partial charge in [-0.15, -0.1) is 0 Å². The molecule has 0 fully saturated rings. The number of hydrogen-bond acceptors (Lipinski definition) is 3. The molecule has 1 aromatic carbocycles. The highest BCUT2D eigenvalue weighted by atomic mass is 35.5. The van der Waals surface area contributed by atoms with Gasteiger partial charge in [0.05, 0.1) is 5.02 Å². The van der Waals surface area contributed by atoms with E-state index >= 15 is 0 Å². The van der Waals surface area contributed by atoms with Gasteiger partial charge in [-0.05, 0) is 47.9 Å². The number of carbonyl (C=O) groups is 1. The molecule has 2 aromatic heterocycles. The van der Waals surface area contributed by atoms with Gasteiger partial charge >= 0.3 is 0 Å². The highest BCUT2D eigenvalue weighted by Crippen LogP contribution is 2.18. The summed E-state index contributed by atoms with van der Waals surface area (Å²) in [7, 11) is 1.58. The molecule has 0 aliphatic heterocycles. The minimum Gasteiger partial charge on any atom is -0.318 e. The van der Waals surface area contributed by atoms with Crippen LogP contribution < -0.4 is 10.9 Å². The van der Waals surface area contributed by atoms with Gasteiger partial charge in [-0.1, -0.05) is 23.7 Å². The average Bonchev–Trinajstić information content (AvgIpc) is 2.62. The van der Waals surface area contributed by atoms with Crippen LogP contribution in [0.25, 0.3) is 0 Å². The first-order valence-electron chi connectivity index (χ1n) is 7.80. The van der Waals surface area contributed by atoms with Gasteiger partial charge in [-0.25, -0.2) is 9.37 Å². The van der Waals surface area contributed by atoms with Crippen LogP contribution in [0, 0.1) is 5.82 Å². The lowest BCUT2D eigenvalue weighted by Crippen LogP contribution is -2.27. The lowest BCUT2D eigenvalue weighted by molar-refractivity contribution is 0.102. The van der Waals surface area contributed by atoms with Crippen molar-refractivity contribution in [2.45, 2.75) is 6.42 Å². The summed E-state index contributed by atoms with van der Waals surface area (Å²) in [6.45, 7) is 0. The SMILES string of the molecule is Cn1cccc(C(=O)Nc2ccc(Cc3ccc(F)c(Cl)c3)cn2)c1=O. The lowest BCUT2D eigenvalue weighted by Gasteiger charge is -2.07. The number of benzene rings is 1. The summed E-state index contributed by atoms with van der Waals surface area (Å²) in [6.07, 6.45) is 3.71. The van der Waals surface area contributed by atoms with Crippen LogP contribution in [0.4, 0.5) is 10.2 Å². The molecule has 3 aromatic rings. The standard InChI is InChI=1S/C19H15ClFN3O2/c1-24-8-2-3-14(19(24)26)18(25)23-17-7-5-13(11-22-17)9-12-4-6-16(21)15(20)10-12/h2-8,10-11H,9H2,1H3,(H,22,23,25). The first kappa shape index (κ1) is 17.8. The highest BCUT2D eigenvalue weighted by molar-refractivity contribution is 6.30. The van der Waals surface area contributed by atoms with Gasteiger partial charge in [0.1, 0.15) is 17.2 Å². The van der Waals surface area contributed by atoms with Crippen LogP contribution in [0.5, 0.6) is 0 Å². The summed E-state index contributed by atoms with van der Waals surface area (Å²) < 4.78 is 14.5. The van der Waals surface area contributed by atoms with Crippen LogP contribution in [-0.4, -0.2) is 15.5 Å². The quantitative estimate of drug-likeness (QED) is 0.764. The molecule has 0 aliphatic carbocycles. The lowest BCUT2D eigenvalue weighted by atomic mass is 10.1. The molecule has 1 amide bonds. The zero-order valence-corrected chi connectivity index (χ0v) is 14.6. The molecule has 132 valence electrons. The monoisotopic (exact) mass is 371 g/mol. The molecular weight excluding hydrogens is 357 g/mol. The third kappa shape index (κ3) is 3.97. The molecule has 5 nitrogen and oxygen atoms in total. The van der Waals surface area contributed by atoms with E-state index in [1.807, 2.05) is 0 Å². The Morgan fingerprint density at radius 2 is 2.00 bits per heavy atom. The second kappa shape index (κ2) is 7.49. The van der Waals surface area contributed by atoms with Gasteiger partial charge < -0.3 is 9.88 Å². The van der Waals surface area contributed by atoms with E-state index < -0.39 is 11.7 Å². The Hall–Kier alpha value is -2.99. The minimum atomic E-state index is -0.517. The second-order valence-corrected chi connectivity index (χ2v) is 6.18. The van der Waals surface area contributed by atoms with Crippen molar-refractivity contribution in [1.82, 2.24) is 9.55 Å². The number of nitrogens with zero attached hydrogens (tertiary/aromatic N) is 2. The summed E-state index contributed by atoms with van der Waals surface area (Å²) in [5, 5.41) is 2.67. The summed E-state index contributed by atoms with van der Waals surface area (Å²) in [6, 6.07) is 11.1. The van der Waals surface area contributed by atoms with Crippen LogP contribution in [0.15, 0.2) is 59.7 Å². The van der Waals surface area contributed by atoms with E-state index in [-0.39, 0.29) is 16.1 Å². The Kier molecular flexibility index (Phi) is 5.14. The number of aromatic nitrogens is 2. The predicted molar refractivity (Wildman–Crippen MR) is 98.1 cm³/mol. The number of halogens is 2. The molecule has 7 heteroatoms. The van der Waals surface area contributed by atoms with Crippen molar-refractivity contribution in [3.63, 3.8) is 0 Å². The number of nitrogens with one attached hydrogen (secondary N) is 1. The first-order valence-corrected chi connectivity index (χ1v) is 8.17. The molecule has 0 spiro atoms. The van der Waals surface area contributed by atoms with E-state index in [1.54, 1.807) is 49.8 Å². The fourth-order valence-corrected chi connectivity index (χ4v) is 2.65. The van der Waals surface area contributed by atoms with Crippen LogP contribution in [0.3, 0.4) is 0 Å². The van der Waals surface area contributed by atoms with E-state index in [4.69, 9.17) is 11.6 Å². The van der Waals surface area contributed by atoms with E-state index in [0.717, 1.165) is 11.1 Å². The van der Waals surface area contributed by atoms with E-state index in [9.17, 15) is 14.0 Å². The number of pyridine rings is 2. The second-order valence-electron chi connectivity index (χ2n) is 5.77. The highest BCUT2D eigenvalue weighted by Gasteiger charge is 2.12. The van der Waals surface area contributed by atoms with E-state index in [2.05, 4.69) is 10.3 Å². The molecule has 0 aliphatic rings. The van der Waals surface area contributed by atoms with Crippen LogP contribution in [0.2, 0.25) is 5.02 Å². The van der Waals surface area contributed by atoms with E-state index in [0.29, 0.717) is 12.2 Å². The van der Waals surface area contributed by atoms with Crippen molar-refractivity contribution in [2.75, 3.05) is 5.32 Å². The molecule has 2 heterocycles. The van der Waals surface area contributed by atoms with Crippen molar-refractivity contribution >= 4 is 23.3 Å². The Morgan fingerprint density at radius 1 is 1.23 bits per heavy atom. The molecule has 0 unspecified atom stereocenters. The van der Waals surface area contributed by atoms with Gasteiger partial charge in [0.25, 0.3) is 11.5 Å². The van der Waals surface area contributed by atoms with Crippen molar-refractivity contribution in [3.8, 4) is 0 Å². The summed E-state index contributed by atoms with van der Waals surface area (Å²) in [4.78, 5) is 28.4. The zero-order chi connectivity index (χ0) is 18.7. The number of amides is 1. The molecule has 0 bridgehead atoms. The van der Waals surface area contributed by atoms with Gasteiger partial charge in [-0.3, -0.25) is 9.59 Å². The number of hydrogen-bond donors (Lipinski definition) is 1. The van der Waals surface area contributed by atoms with Crippen LogP contribution in [-0.2, 0) is 13.5 Å². The predicted octanol–water partition coefficient (Wildman–Crippen LogP) is 3.42. The Labute approximate surface area is 154 Å². The molecule has 0 saturated heterocycles. The maximum Gasteiger partial charge on any atom is 0.263 e. The van der Waals surface area contributed by atoms with Crippen LogP contribution >= 0.6 is 11.6 Å². The molecule has 1 N–H and O–H groups in total. The maximum atomic E-state index is 13.2. The fraction of sp³-hybridized carbons (Fsp3) is 0.105. The summed E-state index contributed by atoms with van der Waals surface area (Å²) in [5.74, 6) is -0.641. The fourth-order valence-electron chi connectivity index (χ4n) is 2.44. The molecule has 26 heavy (non-hydrogen) atoms. The van der Waals surface area contributed by atoms with Gasteiger partial charge in [-0.2, -0.15) is 0 Å². The van der Waals surface area contributed by atoms with Crippen LogP contribution in [0.1, 0.15) is 21.5 Å². The van der Waals surface area contributed by atoms with Crippen molar-refractivity contribution in [3.05, 3.63) is 92.7 Å². The first-order chi connectivity index (χ1) is 12.4. The molecule has 3 rings (SSSR count). The summed E-state index contributed by atoms with van der Waals surface area (Å²) in [5.41, 5.74) is 1.39. The van der Waals surface area contributed by atoms with Crippen molar-refractivity contribution in [1.29, 1.82) is 0 Å². The number of aryl methyl sites for hydroxylation is 1. The largest absolute Gasteiger partial charge is 0.318 e. The third-order valence-electron chi connectivity index (χ3n) is 3.83. The average molecular weight is 372 g/mol. The third-order valence-corrected chi connectivity index (χ3v) is 4.12. The van der Waals surface area contributed by atoms with E-state index in [1.165, 1.54) is 16.7 Å². The van der Waals surface area contributed by atoms with Gasteiger partial charge in [0.2, 0.25) is 0 Å². The minimum absolute atomic E-state index is 0.0434. The molecular formula is C19H15ClFN3O2. The molecule has 0 atom stereocenters.